The summed E-state index contributed by atoms with van der Waals surface area (Å²) in [6, 6.07) is 9.89. The van der Waals surface area contributed by atoms with Crippen molar-refractivity contribution in [2.45, 2.75) is 6.18 Å². The van der Waals surface area contributed by atoms with Crippen LogP contribution in [0.1, 0.15) is 11.1 Å². The van der Waals surface area contributed by atoms with E-state index in [0.717, 1.165) is 12.1 Å². The van der Waals surface area contributed by atoms with Gasteiger partial charge >= 0.3 is 6.18 Å². The van der Waals surface area contributed by atoms with Crippen LogP contribution in [0.25, 0.3) is 0 Å². The molecular formula is C18H13F3N2O4. The van der Waals surface area contributed by atoms with E-state index in [1.54, 1.807) is 0 Å². The normalized spacial score (nSPS) is 10.5. The third-order valence-electron chi connectivity index (χ3n) is 3.19. The van der Waals surface area contributed by atoms with Crippen LogP contribution in [-0.4, -0.2) is 24.0 Å². The first-order valence-corrected chi connectivity index (χ1v) is 7.56. The summed E-state index contributed by atoms with van der Waals surface area (Å²) in [5, 5.41) is 13.1. The Morgan fingerprint density at radius 1 is 1.19 bits per heavy atom. The highest BCUT2D eigenvalue weighted by molar-refractivity contribution is 5.77. The second-order valence-corrected chi connectivity index (χ2v) is 5.20. The van der Waals surface area contributed by atoms with Gasteiger partial charge in [-0.05, 0) is 24.3 Å². The molecule has 140 valence electrons. The van der Waals surface area contributed by atoms with Gasteiger partial charge in [-0.15, -0.1) is 0 Å². The highest BCUT2D eigenvalue weighted by atomic mass is 19.4. The number of alkyl halides is 3. The third-order valence-corrected chi connectivity index (χ3v) is 3.19. The molecule has 0 aliphatic rings. The molecule has 2 aromatic carbocycles. The minimum absolute atomic E-state index is 0.0899. The van der Waals surface area contributed by atoms with Crippen LogP contribution in [0.15, 0.2) is 48.5 Å². The van der Waals surface area contributed by atoms with E-state index in [0.29, 0.717) is 0 Å². The van der Waals surface area contributed by atoms with Gasteiger partial charge in [-0.3, -0.25) is 14.9 Å². The lowest BCUT2D eigenvalue weighted by atomic mass is 10.1. The van der Waals surface area contributed by atoms with E-state index >= 15 is 0 Å². The van der Waals surface area contributed by atoms with E-state index in [-0.39, 0.29) is 30.2 Å². The highest BCUT2D eigenvalue weighted by Gasteiger charge is 2.30. The Morgan fingerprint density at radius 3 is 2.63 bits per heavy atom. The Labute approximate surface area is 152 Å². The summed E-state index contributed by atoms with van der Waals surface area (Å²) in [5.74, 6) is 4.70. The van der Waals surface area contributed by atoms with Crippen molar-refractivity contribution in [1.82, 2.24) is 5.32 Å². The molecule has 0 aliphatic heterocycles. The van der Waals surface area contributed by atoms with E-state index in [9.17, 15) is 28.1 Å². The predicted molar refractivity (Wildman–Crippen MR) is 89.9 cm³/mol. The number of carbonyl (C=O) groups excluding carboxylic acids is 1. The number of nitro groups is 1. The van der Waals surface area contributed by atoms with Crippen molar-refractivity contribution >= 4 is 11.6 Å². The first-order valence-electron chi connectivity index (χ1n) is 7.56. The second kappa shape index (κ2) is 8.71. The van der Waals surface area contributed by atoms with Gasteiger partial charge in [0.25, 0.3) is 11.6 Å². The lowest BCUT2D eigenvalue weighted by molar-refractivity contribution is -0.384. The molecule has 1 amide bonds. The number of benzene rings is 2. The second-order valence-electron chi connectivity index (χ2n) is 5.20. The molecule has 9 heteroatoms. The molecule has 0 fully saturated rings. The topological polar surface area (TPSA) is 81.5 Å². The van der Waals surface area contributed by atoms with Crippen molar-refractivity contribution in [3.05, 3.63) is 69.8 Å². The fourth-order valence-electron chi connectivity index (χ4n) is 1.95. The zero-order chi connectivity index (χ0) is 19.9. The number of hydrogen-bond acceptors (Lipinski definition) is 4. The Morgan fingerprint density at radius 2 is 1.93 bits per heavy atom. The predicted octanol–water partition coefficient (Wildman–Crippen LogP) is 3.16. The Balaban J connectivity index is 1.83. The molecule has 1 N–H and O–H groups in total. The number of amides is 1. The monoisotopic (exact) mass is 378 g/mol. The van der Waals surface area contributed by atoms with E-state index in [1.165, 1.54) is 36.4 Å². The lowest BCUT2D eigenvalue weighted by Gasteiger charge is -2.06. The van der Waals surface area contributed by atoms with Gasteiger partial charge in [-0.25, -0.2) is 0 Å². The minimum atomic E-state index is -4.45. The van der Waals surface area contributed by atoms with Gasteiger partial charge in [0.15, 0.2) is 6.61 Å². The summed E-state index contributed by atoms with van der Waals surface area (Å²) in [6.07, 6.45) is -4.45. The van der Waals surface area contributed by atoms with Gasteiger partial charge in [0, 0.05) is 11.6 Å². The molecule has 0 spiro atoms. The summed E-state index contributed by atoms with van der Waals surface area (Å²) >= 11 is 0. The van der Waals surface area contributed by atoms with Gasteiger partial charge in [0.1, 0.15) is 5.75 Å². The van der Waals surface area contributed by atoms with Crippen molar-refractivity contribution in [2.24, 2.45) is 0 Å². The maximum absolute atomic E-state index is 12.6. The number of non-ortho nitro benzene ring substituents is 1. The molecule has 0 unspecified atom stereocenters. The van der Waals surface area contributed by atoms with Crippen molar-refractivity contribution in [1.29, 1.82) is 0 Å². The average Bonchev–Trinajstić information content (AvgIpc) is 2.63. The molecule has 0 aliphatic carbocycles. The first-order chi connectivity index (χ1) is 12.8. The molecule has 0 radical (unpaired) electrons. The van der Waals surface area contributed by atoms with Crippen molar-refractivity contribution in [3.8, 4) is 17.6 Å². The number of nitrogens with one attached hydrogen (secondary N) is 1. The Hall–Kier alpha value is -3.54. The number of halogens is 3. The number of rotatable bonds is 5. The molecule has 0 atom stereocenters. The number of nitrogens with zero attached hydrogens (tertiary/aromatic N) is 1. The highest BCUT2D eigenvalue weighted by Crippen LogP contribution is 2.29. The Bertz CT molecular complexity index is 901. The summed E-state index contributed by atoms with van der Waals surface area (Å²) in [6.45, 7) is -0.472. The SMILES string of the molecule is O=C(COc1cccc([N+](=O)[O-])c1)NCC#Cc1cccc(C(F)(F)F)c1. The number of hydrogen-bond donors (Lipinski definition) is 1. The van der Waals surface area contributed by atoms with Crippen molar-refractivity contribution in [2.75, 3.05) is 13.2 Å². The van der Waals surface area contributed by atoms with Crippen LogP contribution in [0, 0.1) is 22.0 Å². The quantitative estimate of drug-likeness (QED) is 0.492. The van der Waals surface area contributed by atoms with Gasteiger partial charge in [-0.2, -0.15) is 13.2 Å². The molecule has 0 saturated carbocycles. The molecular weight excluding hydrogens is 365 g/mol. The van der Waals surface area contributed by atoms with Gasteiger partial charge in [0.05, 0.1) is 23.1 Å². The van der Waals surface area contributed by atoms with Crippen LogP contribution >= 0.6 is 0 Å². The van der Waals surface area contributed by atoms with E-state index < -0.39 is 22.6 Å². The molecule has 27 heavy (non-hydrogen) atoms. The zero-order valence-electron chi connectivity index (χ0n) is 13.7. The third kappa shape index (κ3) is 6.36. The summed E-state index contributed by atoms with van der Waals surface area (Å²) < 4.78 is 42.9. The van der Waals surface area contributed by atoms with Crippen molar-refractivity contribution in [3.63, 3.8) is 0 Å². The van der Waals surface area contributed by atoms with Crippen LogP contribution < -0.4 is 10.1 Å². The molecule has 0 aromatic heterocycles. The molecule has 0 saturated heterocycles. The van der Waals surface area contributed by atoms with Gasteiger partial charge in [-0.1, -0.05) is 24.0 Å². The van der Waals surface area contributed by atoms with E-state index in [4.69, 9.17) is 4.74 Å². The maximum Gasteiger partial charge on any atom is 0.416 e. The maximum atomic E-state index is 12.6. The number of carbonyl (C=O) groups is 1. The fraction of sp³-hybridized carbons (Fsp3) is 0.167. The standard InChI is InChI=1S/C18H13F3N2O4/c19-18(20,21)14-6-1-4-13(10-14)5-3-9-22-17(24)12-27-16-8-2-7-15(11-16)23(25)26/h1-2,4,6-8,10-11H,9,12H2,(H,22,24). The summed E-state index contributed by atoms with van der Waals surface area (Å²) in [7, 11) is 0. The summed E-state index contributed by atoms with van der Waals surface area (Å²) in [4.78, 5) is 21.7. The van der Waals surface area contributed by atoms with E-state index in [2.05, 4.69) is 17.2 Å². The number of ether oxygens (including phenoxy) is 1. The van der Waals surface area contributed by atoms with Crippen LogP contribution in [0.2, 0.25) is 0 Å². The van der Waals surface area contributed by atoms with Crippen LogP contribution in [0.4, 0.5) is 18.9 Å². The Kier molecular flexibility index (Phi) is 6.38. The molecule has 2 aromatic rings. The number of nitro benzene ring substituents is 1. The molecule has 6 nitrogen and oxygen atoms in total. The van der Waals surface area contributed by atoms with Crippen LogP contribution in [-0.2, 0) is 11.0 Å². The van der Waals surface area contributed by atoms with E-state index in [1.807, 2.05) is 0 Å². The molecule has 0 bridgehead atoms. The zero-order valence-corrected chi connectivity index (χ0v) is 13.7. The minimum Gasteiger partial charge on any atom is -0.484 e. The lowest BCUT2D eigenvalue weighted by Crippen LogP contribution is -2.29. The van der Waals surface area contributed by atoms with Crippen molar-refractivity contribution < 1.29 is 27.6 Å². The molecule has 0 heterocycles. The van der Waals surface area contributed by atoms with Gasteiger partial charge in [0.2, 0.25) is 0 Å². The largest absolute Gasteiger partial charge is 0.484 e. The fourth-order valence-corrected chi connectivity index (χ4v) is 1.95. The average molecular weight is 378 g/mol. The summed E-state index contributed by atoms with van der Waals surface area (Å²) in [5.41, 5.74) is -0.796. The van der Waals surface area contributed by atoms with Gasteiger partial charge < -0.3 is 10.1 Å². The smallest absolute Gasteiger partial charge is 0.416 e. The molecule has 2 rings (SSSR count). The van der Waals surface area contributed by atoms with Crippen LogP contribution in [0.3, 0.4) is 0 Å². The van der Waals surface area contributed by atoms with Crippen LogP contribution in [0.5, 0.6) is 5.75 Å². The first kappa shape index (κ1) is 19.8.